The fraction of sp³-hybridized carbons (Fsp3) is 0.211. The van der Waals surface area contributed by atoms with Crippen molar-refractivity contribution in [2.75, 3.05) is 6.54 Å². The molecule has 4 nitrogen and oxygen atoms in total. The monoisotopic (exact) mass is 320 g/mol. The molecule has 0 unspecified atom stereocenters. The summed E-state index contributed by atoms with van der Waals surface area (Å²) >= 11 is 0. The van der Waals surface area contributed by atoms with E-state index < -0.39 is 0 Å². The molecule has 0 saturated carbocycles. The van der Waals surface area contributed by atoms with Crippen molar-refractivity contribution in [1.82, 2.24) is 19.4 Å². The largest absolute Gasteiger partial charge is 0.342 e. The van der Waals surface area contributed by atoms with Crippen molar-refractivity contribution in [2.24, 2.45) is 0 Å². The zero-order chi connectivity index (χ0) is 16.1. The first-order valence-corrected chi connectivity index (χ1v) is 8.20. The molecule has 0 bridgehead atoms. The van der Waals surface area contributed by atoms with Gasteiger partial charge >= 0.3 is 0 Å². The van der Waals surface area contributed by atoms with E-state index in [9.17, 15) is 4.39 Å². The molecule has 3 heterocycles. The van der Waals surface area contributed by atoms with Gasteiger partial charge < -0.3 is 9.55 Å². The third kappa shape index (κ3) is 2.20. The minimum absolute atomic E-state index is 0.176. The SMILES string of the molecule is Fc1ccc2c(c1)cc1n2CCN(Cc2nc3ccccc3[nH]2)C1. The van der Waals surface area contributed by atoms with Crippen LogP contribution in [-0.4, -0.2) is 26.0 Å². The lowest BCUT2D eigenvalue weighted by atomic mass is 10.2. The average molecular weight is 320 g/mol. The molecular formula is C19H17FN4. The van der Waals surface area contributed by atoms with E-state index in [2.05, 4.69) is 31.6 Å². The number of H-pyrrole nitrogens is 1. The Morgan fingerprint density at radius 1 is 1.08 bits per heavy atom. The quantitative estimate of drug-likeness (QED) is 0.612. The molecule has 2 aromatic heterocycles. The first-order chi connectivity index (χ1) is 11.8. The second-order valence-corrected chi connectivity index (χ2v) is 6.40. The van der Waals surface area contributed by atoms with Gasteiger partial charge in [-0.15, -0.1) is 0 Å². The van der Waals surface area contributed by atoms with Crippen molar-refractivity contribution < 1.29 is 4.39 Å². The van der Waals surface area contributed by atoms with Crippen molar-refractivity contribution in [3.8, 4) is 0 Å². The number of hydrogen-bond acceptors (Lipinski definition) is 2. The summed E-state index contributed by atoms with van der Waals surface area (Å²) in [4.78, 5) is 10.4. The molecule has 24 heavy (non-hydrogen) atoms. The van der Waals surface area contributed by atoms with E-state index in [4.69, 9.17) is 0 Å². The number of halogens is 1. The van der Waals surface area contributed by atoms with E-state index in [1.165, 1.54) is 11.8 Å². The second kappa shape index (κ2) is 5.18. The molecular weight excluding hydrogens is 303 g/mol. The maximum atomic E-state index is 13.4. The molecule has 2 aromatic carbocycles. The highest BCUT2D eigenvalue weighted by molar-refractivity contribution is 5.81. The van der Waals surface area contributed by atoms with Gasteiger partial charge in [0.25, 0.3) is 0 Å². The number of aromatic nitrogens is 3. The molecule has 5 heteroatoms. The number of para-hydroxylation sites is 2. The van der Waals surface area contributed by atoms with Crippen LogP contribution in [0.3, 0.4) is 0 Å². The Balaban J connectivity index is 1.42. The lowest BCUT2D eigenvalue weighted by Gasteiger charge is -2.28. The predicted molar refractivity (Wildman–Crippen MR) is 92.1 cm³/mol. The number of nitrogens with zero attached hydrogens (tertiary/aromatic N) is 3. The van der Waals surface area contributed by atoms with E-state index in [1.54, 1.807) is 6.07 Å². The van der Waals surface area contributed by atoms with Gasteiger partial charge in [0.15, 0.2) is 0 Å². The Morgan fingerprint density at radius 3 is 2.92 bits per heavy atom. The molecule has 0 fully saturated rings. The maximum Gasteiger partial charge on any atom is 0.123 e. The Hall–Kier alpha value is -2.66. The van der Waals surface area contributed by atoms with E-state index in [0.717, 1.165) is 53.9 Å². The number of nitrogens with one attached hydrogen (secondary N) is 1. The van der Waals surface area contributed by atoms with Gasteiger partial charge in [0.2, 0.25) is 0 Å². The lowest BCUT2D eigenvalue weighted by Crippen LogP contribution is -2.33. The molecule has 0 amide bonds. The molecule has 0 atom stereocenters. The van der Waals surface area contributed by atoms with Crippen LogP contribution in [-0.2, 0) is 19.6 Å². The van der Waals surface area contributed by atoms with E-state index in [1.807, 2.05) is 24.3 Å². The average Bonchev–Trinajstić information content (AvgIpc) is 3.13. The van der Waals surface area contributed by atoms with E-state index in [0.29, 0.717) is 0 Å². The summed E-state index contributed by atoms with van der Waals surface area (Å²) in [5, 5.41) is 0.982. The molecule has 1 aliphatic rings. The number of imidazole rings is 1. The number of hydrogen-bond donors (Lipinski definition) is 1. The Labute approximate surface area is 138 Å². The highest BCUT2D eigenvalue weighted by atomic mass is 19.1. The van der Waals surface area contributed by atoms with E-state index >= 15 is 0 Å². The Morgan fingerprint density at radius 2 is 2.00 bits per heavy atom. The van der Waals surface area contributed by atoms with Gasteiger partial charge in [-0.25, -0.2) is 9.37 Å². The molecule has 120 valence electrons. The molecule has 0 saturated heterocycles. The zero-order valence-corrected chi connectivity index (χ0v) is 13.2. The van der Waals surface area contributed by atoms with Crippen LogP contribution >= 0.6 is 0 Å². The minimum atomic E-state index is -0.176. The molecule has 1 aliphatic heterocycles. The number of fused-ring (bicyclic) bond motifs is 4. The van der Waals surface area contributed by atoms with Crippen molar-refractivity contribution in [3.05, 3.63) is 65.9 Å². The van der Waals surface area contributed by atoms with Crippen molar-refractivity contribution >= 4 is 21.9 Å². The third-order valence-electron chi connectivity index (χ3n) is 4.79. The van der Waals surface area contributed by atoms with Gasteiger partial charge in [0, 0.05) is 36.2 Å². The predicted octanol–water partition coefficient (Wildman–Crippen LogP) is 3.67. The first kappa shape index (κ1) is 13.7. The minimum Gasteiger partial charge on any atom is -0.342 e. The van der Waals surface area contributed by atoms with Gasteiger partial charge in [0.1, 0.15) is 11.6 Å². The summed E-state index contributed by atoms with van der Waals surface area (Å²) in [6.45, 7) is 3.54. The summed E-state index contributed by atoms with van der Waals surface area (Å²) < 4.78 is 15.7. The third-order valence-corrected chi connectivity index (χ3v) is 4.79. The highest BCUT2D eigenvalue weighted by Crippen LogP contribution is 2.25. The zero-order valence-electron chi connectivity index (χ0n) is 13.2. The van der Waals surface area contributed by atoms with Crippen LogP contribution in [0.15, 0.2) is 48.5 Å². The normalized spacial score (nSPS) is 15.2. The van der Waals surface area contributed by atoms with Crippen LogP contribution in [0.25, 0.3) is 21.9 Å². The van der Waals surface area contributed by atoms with Crippen molar-refractivity contribution in [3.63, 3.8) is 0 Å². The molecule has 0 spiro atoms. The summed E-state index contributed by atoms with van der Waals surface area (Å²) in [7, 11) is 0. The topological polar surface area (TPSA) is 36.9 Å². The van der Waals surface area contributed by atoms with Gasteiger partial charge in [-0.3, -0.25) is 4.90 Å². The van der Waals surface area contributed by atoms with Gasteiger partial charge in [-0.05, 0) is 36.4 Å². The van der Waals surface area contributed by atoms with Crippen LogP contribution in [0.1, 0.15) is 11.5 Å². The highest BCUT2D eigenvalue weighted by Gasteiger charge is 2.19. The number of benzene rings is 2. The summed E-state index contributed by atoms with van der Waals surface area (Å²) in [6.07, 6.45) is 0. The maximum absolute atomic E-state index is 13.4. The van der Waals surface area contributed by atoms with Crippen LogP contribution < -0.4 is 0 Å². The smallest absolute Gasteiger partial charge is 0.123 e. The number of rotatable bonds is 2. The molecule has 0 radical (unpaired) electrons. The van der Waals surface area contributed by atoms with Gasteiger partial charge in [0.05, 0.1) is 17.6 Å². The van der Waals surface area contributed by atoms with Crippen molar-refractivity contribution in [2.45, 2.75) is 19.6 Å². The molecule has 0 aliphatic carbocycles. The molecule has 1 N–H and O–H groups in total. The van der Waals surface area contributed by atoms with Crippen LogP contribution in [0.4, 0.5) is 4.39 Å². The van der Waals surface area contributed by atoms with E-state index in [-0.39, 0.29) is 5.82 Å². The summed E-state index contributed by atoms with van der Waals surface area (Å²) in [5.74, 6) is 0.816. The summed E-state index contributed by atoms with van der Waals surface area (Å²) in [6, 6.07) is 15.2. The van der Waals surface area contributed by atoms with Crippen molar-refractivity contribution in [1.29, 1.82) is 0 Å². The first-order valence-electron chi connectivity index (χ1n) is 8.20. The fourth-order valence-electron chi connectivity index (χ4n) is 3.67. The molecule has 5 rings (SSSR count). The Kier molecular flexibility index (Phi) is 2.97. The number of aromatic amines is 1. The molecule has 4 aromatic rings. The van der Waals surface area contributed by atoms with Gasteiger partial charge in [-0.2, -0.15) is 0 Å². The Bertz CT molecular complexity index is 1010. The fourth-order valence-corrected chi connectivity index (χ4v) is 3.67. The lowest BCUT2D eigenvalue weighted by molar-refractivity contribution is 0.211. The summed E-state index contributed by atoms with van der Waals surface area (Å²) in [5.41, 5.74) is 4.44. The van der Waals surface area contributed by atoms with Crippen LogP contribution in [0.5, 0.6) is 0 Å². The van der Waals surface area contributed by atoms with Crippen LogP contribution in [0, 0.1) is 5.82 Å². The second-order valence-electron chi connectivity index (χ2n) is 6.40. The van der Waals surface area contributed by atoms with Gasteiger partial charge in [-0.1, -0.05) is 12.1 Å². The standard InChI is InChI=1S/C19H17FN4/c20-14-5-6-18-13(9-14)10-15-11-23(7-8-24(15)18)12-19-21-16-3-1-2-4-17(16)22-19/h1-6,9-10H,7-8,11-12H2,(H,21,22). The van der Waals surface area contributed by atoms with Crippen LogP contribution in [0.2, 0.25) is 0 Å².